The first-order valence-electron chi connectivity index (χ1n) is 15.1. The van der Waals surface area contributed by atoms with Crippen molar-refractivity contribution in [1.29, 1.82) is 0 Å². The molecule has 7 rings (SSSR count). The van der Waals surface area contributed by atoms with Crippen LogP contribution in [0.25, 0.3) is 27.1 Å². The van der Waals surface area contributed by atoms with E-state index in [1.165, 1.54) is 60.5 Å². The van der Waals surface area contributed by atoms with Gasteiger partial charge in [0.25, 0.3) is 0 Å². The van der Waals surface area contributed by atoms with Crippen LogP contribution in [-0.2, 0) is 12.8 Å². The standard InChI is InChI=1S/C41H36/c1-29-27-34(28-41(30-13-4-2-5-14-30)31-15-6-3-7-16-31)38-26-24-33(37-20-9-11-22-40(37)38)18-12-17-32-23-25-35(29)39-21-10-8-19-36(32)39/h2-11,13-16,19-26,28-29,34H,12,17-18,27H2,1H3/t29-,34-/m1/s1. The van der Waals surface area contributed by atoms with Gasteiger partial charge in [0.2, 0.25) is 0 Å². The molecule has 0 amide bonds. The van der Waals surface area contributed by atoms with E-state index in [0.29, 0.717) is 5.92 Å². The SMILES string of the molecule is C[C@@H]1C[C@H](C=C(c2ccccc2)c2ccccc2)c2ccc(c3ccccc23)CCCc2ccc1c1ccccc21. The molecule has 0 heteroatoms. The summed E-state index contributed by atoms with van der Waals surface area (Å²) in [5.74, 6) is 0.644. The third-order valence-corrected chi connectivity index (χ3v) is 9.06. The summed E-state index contributed by atoms with van der Waals surface area (Å²) in [5, 5.41) is 5.65. The molecule has 1 aliphatic rings. The molecular formula is C41H36. The Hall–Kier alpha value is -4.42. The molecular weight excluding hydrogens is 492 g/mol. The second-order valence-corrected chi connectivity index (χ2v) is 11.6. The first kappa shape index (κ1) is 25.5. The Morgan fingerprint density at radius 2 is 0.976 bits per heavy atom. The monoisotopic (exact) mass is 528 g/mol. The Morgan fingerprint density at radius 1 is 0.512 bits per heavy atom. The predicted molar refractivity (Wildman–Crippen MR) is 176 cm³/mol. The highest BCUT2D eigenvalue weighted by Gasteiger charge is 2.22. The molecule has 0 unspecified atom stereocenters. The van der Waals surface area contributed by atoms with Crippen LogP contribution >= 0.6 is 0 Å². The highest BCUT2D eigenvalue weighted by Crippen LogP contribution is 2.41. The molecule has 0 aliphatic heterocycles. The zero-order valence-electron chi connectivity index (χ0n) is 23.8. The topological polar surface area (TPSA) is 0 Å². The zero-order chi connectivity index (χ0) is 27.6. The maximum Gasteiger partial charge on any atom is 0.00392 e. The van der Waals surface area contributed by atoms with E-state index in [2.05, 4.69) is 146 Å². The Morgan fingerprint density at radius 3 is 1.54 bits per heavy atom. The molecule has 0 N–H and O–H groups in total. The number of fused-ring (bicyclic) bond motifs is 12. The van der Waals surface area contributed by atoms with E-state index in [-0.39, 0.29) is 5.92 Å². The van der Waals surface area contributed by atoms with Crippen molar-refractivity contribution in [2.24, 2.45) is 0 Å². The molecule has 0 radical (unpaired) electrons. The summed E-state index contributed by atoms with van der Waals surface area (Å²) in [6.45, 7) is 2.43. The van der Waals surface area contributed by atoms with Gasteiger partial charge in [0, 0.05) is 5.92 Å². The molecule has 1 aliphatic carbocycles. The van der Waals surface area contributed by atoms with Gasteiger partial charge >= 0.3 is 0 Å². The molecule has 0 saturated carbocycles. The fourth-order valence-corrected chi connectivity index (χ4v) is 7.02. The predicted octanol–water partition coefficient (Wildman–Crippen LogP) is 10.9. The molecule has 6 aromatic carbocycles. The normalized spacial score (nSPS) is 17.0. The molecule has 200 valence electrons. The first-order valence-corrected chi connectivity index (χ1v) is 15.1. The van der Waals surface area contributed by atoms with Crippen molar-refractivity contribution in [1.82, 2.24) is 0 Å². The molecule has 0 aromatic heterocycles. The lowest BCUT2D eigenvalue weighted by Gasteiger charge is -2.25. The van der Waals surface area contributed by atoms with Gasteiger partial charge in [-0.15, -0.1) is 0 Å². The van der Waals surface area contributed by atoms with Crippen molar-refractivity contribution in [2.75, 3.05) is 0 Å². The van der Waals surface area contributed by atoms with Crippen molar-refractivity contribution in [3.8, 4) is 0 Å². The van der Waals surface area contributed by atoms with E-state index < -0.39 is 0 Å². The van der Waals surface area contributed by atoms with Crippen LogP contribution < -0.4 is 0 Å². The van der Waals surface area contributed by atoms with Gasteiger partial charge in [-0.1, -0.05) is 146 Å². The van der Waals surface area contributed by atoms with Crippen LogP contribution in [-0.4, -0.2) is 0 Å². The average molecular weight is 529 g/mol. The Balaban J connectivity index is 1.47. The van der Waals surface area contributed by atoms with Gasteiger partial charge in [-0.2, -0.15) is 0 Å². The fraction of sp³-hybridized carbons (Fsp3) is 0.171. The Labute approximate surface area is 244 Å². The van der Waals surface area contributed by atoms with Crippen LogP contribution in [0, 0.1) is 0 Å². The number of hydrogen-bond donors (Lipinski definition) is 0. The lowest BCUT2D eigenvalue weighted by molar-refractivity contribution is 0.635. The Kier molecular flexibility index (Phi) is 6.99. The molecule has 41 heavy (non-hydrogen) atoms. The van der Waals surface area contributed by atoms with Crippen LogP contribution in [0.3, 0.4) is 0 Å². The minimum absolute atomic E-state index is 0.251. The summed E-state index contributed by atoms with van der Waals surface area (Å²) in [4.78, 5) is 0. The van der Waals surface area contributed by atoms with Gasteiger partial charge in [-0.05, 0) is 92.1 Å². The van der Waals surface area contributed by atoms with Crippen LogP contribution in [0.5, 0.6) is 0 Å². The highest BCUT2D eigenvalue weighted by atomic mass is 14.3. The minimum atomic E-state index is 0.251. The van der Waals surface area contributed by atoms with Gasteiger partial charge in [0.05, 0.1) is 0 Å². The Bertz CT molecular complexity index is 1800. The van der Waals surface area contributed by atoms with E-state index >= 15 is 0 Å². The summed E-state index contributed by atoms with van der Waals surface area (Å²) in [6, 6.07) is 49.7. The summed E-state index contributed by atoms with van der Waals surface area (Å²) >= 11 is 0. The number of rotatable bonds is 3. The molecule has 0 fully saturated rings. The summed E-state index contributed by atoms with van der Waals surface area (Å²) in [7, 11) is 0. The maximum atomic E-state index is 2.56. The van der Waals surface area contributed by atoms with E-state index in [1.54, 1.807) is 0 Å². The van der Waals surface area contributed by atoms with Crippen LogP contribution in [0.15, 0.2) is 140 Å². The van der Waals surface area contributed by atoms with Crippen molar-refractivity contribution in [2.45, 2.75) is 44.4 Å². The quantitative estimate of drug-likeness (QED) is 0.214. The maximum absolute atomic E-state index is 2.56. The molecule has 6 aromatic rings. The smallest absolute Gasteiger partial charge is 0.00392 e. The zero-order valence-corrected chi connectivity index (χ0v) is 23.8. The van der Waals surface area contributed by atoms with Gasteiger partial charge < -0.3 is 0 Å². The van der Waals surface area contributed by atoms with E-state index in [1.807, 2.05) is 0 Å². The molecule has 4 bridgehead atoms. The molecule has 0 heterocycles. The molecule has 0 saturated heterocycles. The van der Waals surface area contributed by atoms with E-state index in [9.17, 15) is 0 Å². The van der Waals surface area contributed by atoms with Crippen molar-refractivity contribution in [3.63, 3.8) is 0 Å². The lowest BCUT2D eigenvalue weighted by atomic mass is 9.79. The second-order valence-electron chi connectivity index (χ2n) is 11.6. The highest BCUT2D eigenvalue weighted by molar-refractivity contribution is 5.91. The number of allylic oxidation sites excluding steroid dienone is 1. The number of benzene rings is 6. The van der Waals surface area contributed by atoms with Gasteiger partial charge in [0.1, 0.15) is 0 Å². The largest absolute Gasteiger partial charge is 0.0685 e. The van der Waals surface area contributed by atoms with Gasteiger partial charge in [-0.3, -0.25) is 0 Å². The van der Waals surface area contributed by atoms with Crippen molar-refractivity contribution < 1.29 is 0 Å². The van der Waals surface area contributed by atoms with Crippen LogP contribution in [0.2, 0.25) is 0 Å². The van der Waals surface area contributed by atoms with Gasteiger partial charge in [0.15, 0.2) is 0 Å². The first-order chi connectivity index (χ1) is 20.3. The number of hydrogen-bond acceptors (Lipinski definition) is 0. The van der Waals surface area contributed by atoms with E-state index in [0.717, 1.165) is 25.7 Å². The second kappa shape index (κ2) is 11.2. The number of aryl methyl sites for hydroxylation is 2. The summed E-state index contributed by atoms with van der Waals surface area (Å²) in [6.07, 6.45) is 6.94. The summed E-state index contributed by atoms with van der Waals surface area (Å²) in [5.41, 5.74) is 9.66. The van der Waals surface area contributed by atoms with Crippen molar-refractivity contribution >= 4 is 27.1 Å². The van der Waals surface area contributed by atoms with E-state index in [4.69, 9.17) is 0 Å². The summed E-state index contributed by atoms with van der Waals surface area (Å²) < 4.78 is 0. The third-order valence-electron chi connectivity index (χ3n) is 9.06. The fourth-order valence-electron chi connectivity index (χ4n) is 7.02. The lowest BCUT2D eigenvalue weighted by Crippen LogP contribution is -2.07. The molecule has 0 nitrogen and oxygen atoms in total. The van der Waals surface area contributed by atoms with Crippen LogP contribution in [0.1, 0.15) is 65.0 Å². The van der Waals surface area contributed by atoms with Crippen LogP contribution in [0.4, 0.5) is 0 Å². The van der Waals surface area contributed by atoms with Crippen molar-refractivity contribution in [3.05, 3.63) is 173 Å². The third kappa shape index (κ3) is 5.00. The molecule has 0 spiro atoms. The molecule has 2 atom stereocenters. The minimum Gasteiger partial charge on any atom is -0.0685 e. The average Bonchev–Trinajstić information content (AvgIpc) is 3.03. The van der Waals surface area contributed by atoms with Gasteiger partial charge in [-0.25, -0.2) is 0 Å².